The Morgan fingerprint density at radius 2 is 2.12 bits per heavy atom. The summed E-state index contributed by atoms with van der Waals surface area (Å²) in [6.07, 6.45) is 7.52. The minimum absolute atomic E-state index is 0.0371. The quantitative estimate of drug-likeness (QED) is 0.800. The van der Waals surface area contributed by atoms with E-state index in [-0.39, 0.29) is 11.9 Å². The van der Waals surface area contributed by atoms with Gasteiger partial charge in [-0.05, 0) is 19.8 Å². The maximum atomic E-state index is 13.1. The fourth-order valence-electron chi connectivity index (χ4n) is 3.58. The summed E-state index contributed by atoms with van der Waals surface area (Å²) in [4.78, 5) is 19.3. The van der Waals surface area contributed by atoms with E-state index in [2.05, 4.69) is 19.7 Å². The van der Waals surface area contributed by atoms with Gasteiger partial charge in [0.15, 0.2) is 0 Å². The molecule has 0 saturated carbocycles. The highest BCUT2D eigenvalue weighted by atomic mass is 16.2. The second-order valence-corrected chi connectivity index (χ2v) is 6.45. The summed E-state index contributed by atoms with van der Waals surface area (Å²) < 4.78 is 2.17. The number of H-pyrrole nitrogens is 1. The number of imidazole rings is 1. The molecule has 25 heavy (non-hydrogen) atoms. The number of aromatic amines is 1. The summed E-state index contributed by atoms with van der Waals surface area (Å²) in [6.45, 7) is 3.49. The van der Waals surface area contributed by atoms with Crippen molar-refractivity contribution < 1.29 is 4.79 Å². The molecule has 1 N–H and O–H groups in total. The van der Waals surface area contributed by atoms with Crippen molar-refractivity contribution in [1.29, 1.82) is 0 Å². The molecule has 128 valence electrons. The molecular formula is C19H21N5O. The van der Waals surface area contributed by atoms with Crippen LogP contribution in [0.2, 0.25) is 0 Å². The minimum Gasteiger partial charge on any atom is -0.336 e. The van der Waals surface area contributed by atoms with E-state index in [9.17, 15) is 4.79 Å². The van der Waals surface area contributed by atoms with Crippen molar-refractivity contribution in [1.82, 2.24) is 24.6 Å². The van der Waals surface area contributed by atoms with Crippen LogP contribution in [0.15, 0.2) is 48.9 Å². The lowest BCUT2D eigenvalue weighted by Crippen LogP contribution is -2.40. The van der Waals surface area contributed by atoms with E-state index < -0.39 is 0 Å². The molecule has 6 heteroatoms. The maximum Gasteiger partial charge on any atom is 0.257 e. The highest BCUT2D eigenvalue weighted by Gasteiger charge is 2.28. The van der Waals surface area contributed by atoms with Gasteiger partial charge in [-0.1, -0.05) is 30.3 Å². The van der Waals surface area contributed by atoms with Gasteiger partial charge < -0.3 is 9.47 Å². The van der Waals surface area contributed by atoms with Crippen LogP contribution in [0.5, 0.6) is 0 Å². The highest BCUT2D eigenvalue weighted by Crippen LogP contribution is 2.27. The van der Waals surface area contributed by atoms with Gasteiger partial charge in [0.1, 0.15) is 5.82 Å². The van der Waals surface area contributed by atoms with Crippen LogP contribution in [0.1, 0.15) is 35.1 Å². The van der Waals surface area contributed by atoms with Crippen molar-refractivity contribution in [2.45, 2.75) is 25.8 Å². The van der Waals surface area contributed by atoms with Gasteiger partial charge >= 0.3 is 0 Å². The third-order valence-electron chi connectivity index (χ3n) is 4.87. The Morgan fingerprint density at radius 1 is 1.28 bits per heavy atom. The molecule has 0 aliphatic carbocycles. The Bertz CT molecular complexity index is 867. The van der Waals surface area contributed by atoms with Crippen LogP contribution < -0.4 is 0 Å². The molecular weight excluding hydrogens is 314 g/mol. The summed E-state index contributed by atoms with van der Waals surface area (Å²) in [6, 6.07) is 10.1. The number of carbonyl (C=O) groups excluding carboxylic acids is 1. The lowest BCUT2D eigenvalue weighted by Gasteiger charge is -2.34. The number of hydrogen-bond donors (Lipinski definition) is 1. The molecule has 0 spiro atoms. The number of benzene rings is 1. The average molecular weight is 335 g/mol. The molecule has 0 bridgehead atoms. The summed E-state index contributed by atoms with van der Waals surface area (Å²) in [5.74, 6) is 1.03. The number of nitrogens with zero attached hydrogens (tertiary/aromatic N) is 4. The minimum atomic E-state index is 0.0371. The monoisotopic (exact) mass is 335 g/mol. The number of rotatable bonds is 3. The van der Waals surface area contributed by atoms with Gasteiger partial charge in [0.05, 0.1) is 23.5 Å². The first-order chi connectivity index (χ1) is 12.2. The predicted octanol–water partition coefficient (Wildman–Crippen LogP) is 3.06. The van der Waals surface area contributed by atoms with Crippen molar-refractivity contribution in [2.24, 2.45) is 0 Å². The Morgan fingerprint density at radius 3 is 2.88 bits per heavy atom. The van der Waals surface area contributed by atoms with Gasteiger partial charge in [-0.15, -0.1) is 0 Å². The lowest BCUT2D eigenvalue weighted by atomic mass is 10.0. The van der Waals surface area contributed by atoms with Crippen molar-refractivity contribution in [3.8, 4) is 11.3 Å². The number of nitrogens with one attached hydrogen (secondary N) is 1. The maximum absolute atomic E-state index is 13.1. The first-order valence-electron chi connectivity index (χ1n) is 8.61. The molecule has 1 atom stereocenters. The molecule has 4 rings (SSSR count). The van der Waals surface area contributed by atoms with Gasteiger partial charge in [-0.2, -0.15) is 5.10 Å². The first kappa shape index (κ1) is 15.6. The second kappa shape index (κ2) is 6.55. The van der Waals surface area contributed by atoms with Crippen LogP contribution >= 0.6 is 0 Å². The van der Waals surface area contributed by atoms with Crippen molar-refractivity contribution >= 4 is 5.91 Å². The van der Waals surface area contributed by atoms with Crippen molar-refractivity contribution in [3.63, 3.8) is 0 Å². The molecule has 1 amide bonds. The van der Waals surface area contributed by atoms with Crippen LogP contribution in [-0.4, -0.2) is 43.6 Å². The average Bonchev–Trinajstić information content (AvgIpc) is 3.31. The molecule has 1 fully saturated rings. The SMILES string of the molecule is Cc1nccn1[C@@H]1CCCN(C(=O)c2cn[nH]c2-c2ccccc2)C1. The number of piperidine rings is 1. The zero-order valence-electron chi connectivity index (χ0n) is 14.2. The largest absolute Gasteiger partial charge is 0.336 e. The molecule has 3 heterocycles. The number of likely N-dealkylation sites (tertiary alicyclic amines) is 1. The summed E-state index contributed by atoms with van der Waals surface area (Å²) in [5, 5.41) is 7.09. The van der Waals surface area contributed by atoms with E-state index >= 15 is 0 Å². The summed E-state index contributed by atoms with van der Waals surface area (Å²) in [5.41, 5.74) is 2.39. The van der Waals surface area contributed by atoms with Crippen LogP contribution in [-0.2, 0) is 0 Å². The molecule has 1 aliphatic heterocycles. The van der Waals surface area contributed by atoms with Gasteiger partial charge in [0.2, 0.25) is 0 Å². The molecule has 2 aromatic heterocycles. The Labute approximate surface area is 146 Å². The number of amides is 1. The van der Waals surface area contributed by atoms with Crippen LogP contribution in [0.4, 0.5) is 0 Å². The first-order valence-corrected chi connectivity index (χ1v) is 8.61. The molecule has 0 radical (unpaired) electrons. The Kier molecular flexibility index (Phi) is 4.09. The van der Waals surface area contributed by atoms with Gasteiger partial charge in [0, 0.05) is 31.0 Å². The Balaban J connectivity index is 1.58. The fraction of sp³-hybridized carbons (Fsp3) is 0.316. The molecule has 1 aliphatic rings. The lowest BCUT2D eigenvalue weighted by molar-refractivity contribution is 0.0679. The number of carbonyl (C=O) groups is 1. The number of aromatic nitrogens is 4. The van der Waals surface area contributed by atoms with Crippen LogP contribution in [0, 0.1) is 6.92 Å². The van der Waals surface area contributed by atoms with E-state index in [0.717, 1.165) is 36.5 Å². The third-order valence-corrected chi connectivity index (χ3v) is 4.87. The molecule has 1 saturated heterocycles. The van der Waals surface area contributed by atoms with Crippen LogP contribution in [0.3, 0.4) is 0 Å². The number of aryl methyl sites for hydroxylation is 1. The summed E-state index contributed by atoms with van der Waals surface area (Å²) in [7, 11) is 0. The van der Waals surface area contributed by atoms with Crippen molar-refractivity contribution in [2.75, 3.05) is 13.1 Å². The van der Waals surface area contributed by atoms with Gasteiger partial charge in [-0.25, -0.2) is 4.98 Å². The topological polar surface area (TPSA) is 66.8 Å². The fourth-order valence-corrected chi connectivity index (χ4v) is 3.58. The van der Waals surface area contributed by atoms with E-state index in [1.165, 1.54) is 0 Å². The highest BCUT2D eigenvalue weighted by molar-refractivity contribution is 5.99. The Hall–Kier alpha value is -2.89. The van der Waals surface area contributed by atoms with E-state index in [1.54, 1.807) is 6.20 Å². The van der Waals surface area contributed by atoms with Gasteiger partial charge in [-0.3, -0.25) is 9.89 Å². The second-order valence-electron chi connectivity index (χ2n) is 6.45. The third kappa shape index (κ3) is 2.95. The normalized spacial score (nSPS) is 17.6. The zero-order valence-corrected chi connectivity index (χ0v) is 14.2. The van der Waals surface area contributed by atoms with E-state index in [0.29, 0.717) is 12.1 Å². The standard InChI is InChI=1S/C19H21N5O/c1-14-20-9-11-24(14)16-8-5-10-23(13-16)19(25)17-12-21-22-18(17)15-6-3-2-4-7-15/h2-4,6-7,9,11-12,16H,5,8,10,13H2,1H3,(H,21,22)/t16-/m1/s1. The molecule has 1 aromatic carbocycles. The van der Waals surface area contributed by atoms with Crippen LogP contribution in [0.25, 0.3) is 11.3 Å². The molecule has 0 unspecified atom stereocenters. The summed E-state index contributed by atoms with van der Waals surface area (Å²) >= 11 is 0. The number of hydrogen-bond acceptors (Lipinski definition) is 3. The molecule has 6 nitrogen and oxygen atoms in total. The predicted molar refractivity (Wildman–Crippen MR) is 95.2 cm³/mol. The van der Waals surface area contributed by atoms with E-state index in [4.69, 9.17) is 0 Å². The van der Waals surface area contributed by atoms with Gasteiger partial charge in [0.25, 0.3) is 5.91 Å². The van der Waals surface area contributed by atoms with E-state index in [1.807, 2.05) is 54.5 Å². The zero-order chi connectivity index (χ0) is 17.2. The molecule has 3 aromatic rings. The smallest absolute Gasteiger partial charge is 0.257 e. The van der Waals surface area contributed by atoms with Crippen molar-refractivity contribution in [3.05, 3.63) is 60.3 Å².